The predicted molar refractivity (Wildman–Crippen MR) is 329 cm³/mol. The molecule has 5 aromatic rings. The Morgan fingerprint density at radius 3 is 2.29 bits per heavy atom. The lowest BCUT2D eigenvalue weighted by Gasteiger charge is -2.24. The lowest BCUT2D eigenvalue weighted by atomic mass is 9.89. The first-order chi connectivity index (χ1) is 41.3. The molecule has 0 radical (unpaired) electrons. The number of imide groups is 1. The lowest BCUT2D eigenvalue weighted by Crippen LogP contribution is -2.45. The van der Waals surface area contributed by atoms with Crippen LogP contribution in [-0.2, 0) is 35.3 Å². The van der Waals surface area contributed by atoms with Crippen LogP contribution in [-0.4, -0.2) is 163 Å². The third kappa shape index (κ3) is 16.7. The van der Waals surface area contributed by atoms with Gasteiger partial charge < -0.3 is 55.6 Å². The van der Waals surface area contributed by atoms with Gasteiger partial charge in [-0.3, -0.25) is 38.6 Å². The van der Waals surface area contributed by atoms with Crippen LogP contribution in [0.4, 0.5) is 25.8 Å². The highest BCUT2D eigenvalue weighted by Crippen LogP contribution is 2.49. The summed E-state index contributed by atoms with van der Waals surface area (Å²) in [5.41, 5.74) is 9.02. The Bertz CT molecular complexity index is 3320. The number of carbonyl (C=O) groups excluding carboxylic acids is 9. The Morgan fingerprint density at radius 2 is 1.59 bits per heavy atom. The standard InChI is InChI=1S/C62H77ClN10O12S/c1-38(2)56(68-52(75)13-7-6-8-25-72-53(76)20-21-54(72)77)50(74)33-41(12-11-22-65-60(64)80)58(78)66-44-16-14-40(15-17-44)37-84-61(81)69(4)26-27-70(5)62(82)85-51-34-49-55(57-46(51)30-39(3)86-57)43(35-63)36-73(49)59(79)48-32-42-31-45(18-19-47(42)67-48)83-29-28-71-23-9-10-24-71/h14-21,30-32,34,38,41,43,56,67H,6-13,22-29,33,35-37H2,1-5H3,(H,66,78)(H,68,75)(H3,64,65,80)/t41-,43-,56+/m1/s1. The van der Waals surface area contributed by atoms with Gasteiger partial charge in [-0.2, -0.15) is 0 Å². The average Bonchev–Trinajstić information content (AvgIpc) is 1.69. The van der Waals surface area contributed by atoms with Crippen LogP contribution < -0.4 is 36.1 Å². The van der Waals surface area contributed by atoms with Gasteiger partial charge in [0.2, 0.25) is 11.8 Å². The molecule has 460 valence electrons. The molecule has 86 heavy (non-hydrogen) atoms. The maximum Gasteiger partial charge on any atom is 0.415 e. The number of primary amides is 1. The van der Waals surface area contributed by atoms with Gasteiger partial charge in [-0.1, -0.05) is 32.4 Å². The molecule has 0 saturated carbocycles. The van der Waals surface area contributed by atoms with Crippen molar-refractivity contribution in [1.29, 1.82) is 0 Å². The van der Waals surface area contributed by atoms with Crippen LogP contribution in [0.25, 0.3) is 21.0 Å². The monoisotopic (exact) mass is 1220 g/mol. The minimum absolute atomic E-state index is 0.0931. The molecule has 6 N–H and O–H groups in total. The van der Waals surface area contributed by atoms with E-state index in [2.05, 4.69) is 25.8 Å². The zero-order chi connectivity index (χ0) is 61.6. The summed E-state index contributed by atoms with van der Waals surface area (Å²) in [6.45, 7) is 10.1. The number of amides is 9. The topological polar surface area (TPSA) is 275 Å². The molecule has 1 saturated heterocycles. The molecule has 22 nitrogen and oxygen atoms in total. The van der Waals surface area contributed by atoms with Crippen LogP contribution in [0.2, 0.25) is 0 Å². The minimum atomic E-state index is -0.865. The van der Waals surface area contributed by atoms with Gasteiger partial charge in [0.1, 0.15) is 30.4 Å². The number of aromatic amines is 1. The molecule has 3 aromatic carbocycles. The number of unbranched alkanes of at least 4 members (excludes halogenated alkanes) is 2. The number of hydrogen-bond donors (Lipinski definition) is 5. The Kier molecular flexibility index (Phi) is 22.2. The summed E-state index contributed by atoms with van der Waals surface area (Å²) in [5, 5.41) is 9.77. The van der Waals surface area contributed by atoms with Crippen molar-refractivity contribution >= 4 is 109 Å². The number of aromatic nitrogens is 1. The van der Waals surface area contributed by atoms with Gasteiger partial charge in [-0.25, -0.2) is 14.4 Å². The number of thiophene rings is 1. The molecule has 24 heteroatoms. The number of benzene rings is 3. The van der Waals surface area contributed by atoms with Crippen molar-refractivity contribution in [3.05, 3.63) is 94.5 Å². The number of alkyl halides is 1. The number of likely N-dealkylation sites (tertiary alicyclic amines) is 1. The minimum Gasteiger partial charge on any atom is -0.492 e. The number of carbonyl (C=O) groups is 9. The Morgan fingerprint density at radius 1 is 0.872 bits per heavy atom. The summed E-state index contributed by atoms with van der Waals surface area (Å²) < 4.78 is 18.6. The first-order valence-electron chi connectivity index (χ1n) is 29.3. The molecular formula is C62H77ClN10O12S. The number of anilines is 2. The van der Waals surface area contributed by atoms with E-state index in [1.165, 1.54) is 34.8 Å². The fourth-order valence-corrected chi connectivity index (χ4v) is 12.2. The van der Waals surface area contributed by atoms with Gasteiger partial charge >= 0.3 is 18.2 Å². The third-order valence-electron chi connectivity index (χ3n) is 15.7. The molecule has 3 aliphatic heterocycles. The molecular weight excluding hydrogens is 1140 g/mol. The second kappa shape index (κ2) is 29.9. The number of hydrogen-bond acceptors (Lipinski definition) is 14. The van der Waals surface area contributed by atoms with Crippen LogP contribution in [0.1, 0.15) is 104 Å². The second-order valence-corrected chi connectivity index (χ2v) is 24.1. The van der Waals surface area contributed by atoms with Gasteiger partial charge in [0, 0.05) is 139 Å². The number of Topliss-reactive ketones (excluding diaryl/α,β-unsaturated/α-hetero) is 1. The number of H-pyrrole nitrogens is 1. The number of ketones is 1. The SMILES string of the molecule is Cc1cc2c(OC(=O)N(C)CCN(C)C(=O)OCc3ccc(NC(=O)[C@H](CCCNC(N)=O)CC(=O)[C@@H](NC(=O)CCCCCN4C(=O)C=CC4=O)C(C)C)cc3)cc3c(c2s1)[C@H](CCl)CN3C(=O)c1cc2cc(OCCN3CCCC3)ccc2[nH]1. The summed E-state index contributed by atoms with van der Waals surface area (Å²) >= 11 is 8.14. The number of halogens is 1. The van der Waals surface area contributed by atoms with Crippen molar-refractivity contribution in [3.8, 4) is 11.5 Å². The summed E-state index contributed by atoms with van der Waals surface area (Å²) in [7, 11) is 3.11. The van der Waals surface area contributed by atoms with Crippen molar-refractivity contribution in [2.24, 2.45) is 17.6 Å². The number of nitrogens with one attached hydrogen (secondary N) is 4. The molecule has 0 unspecified atom stereocenters. The highest BCUT2D eigenvalue weighted by atomic mass is 35.5. The molecule has 3 atom stereocenters. The van der Waals surface area contributed by atoms with Crippen molar-refractivity contribution in [1.82, 2.24) is 35.2 Å². The van der Waals surface area contributed by atoms with E-state index in [0.29, 0.717) is 61.5 Å². The van der Waals surface area contributed by atoms with Gasteiger partial charge in [-0.05, 0) is 112 Å². The van der Waals surface area contributed by atoms with Crippen molar-refractivity contribution in [3.63, 3.8) is 0 Å². The molecule has 1 fully saturated rings. The smallest absolute Gasteiger partial charge is 0.415 e. The highest BCUT2D eigenvalue weighted by Gasteiger charge is 2.37. The molecule has 9 amide bonds. The fourth-order valence-electron chi connectivity index (χ4n) is 10.8. The number of ether oxygens (including phenoxy) is 3. The molecule has 0 aliphatic carbocycles. The van der Waals surface area contributed by atoms with Crippen LogP contribution in [0, 0.1) is 18.8 Å². The van der Waals surface area contributed by atoms with E-state index in [1.54, 1.807) is 74.5 Å². The average molecular weight is 1220 g/mol. The number of rotatable bonds is 29. The van der Waals surface area contributed by atoms with E-state index >= 15 is 0 Å². The maximum atomic E-state index is 14.4. The molecule has 5 heterocycles. The first-order valence-corrected chi connectivity index (χ1v) is 30.6. The Balaban J connectivity index is 0.811. The van der Waals surface area contributed by atoms with E-state index in [9.17, 15) is 43.2 Å². The van der Waals surface area contributed by atoms with Crippen molar-refractivity contribution in [2.45, 2.75) is 97.1 Å². The maximum absolute atomic E-state index is 14.4. The van der Waals surface area contributed by atoms with Gasteiger partial charge in [-0.15, -0.1) is 22.9 Å². The van der Waals surface area contributed by atoms with Crippen LogP contribution in [0.3, 0.4) is 0 Å². The van der Waals surface area contributed by atoms with E-state index in [4.69, 9.17) is 31.5 Å². The number of fused-ring (bicyclic) bond motifs is 4. The van der Waals surface area contributed by atoms with Crippen LogP contribution in [0.5, 0.6) is 11.5 Å². The quantitative estimate of drug-likeness (QED) is 0.0171. The summed E-state index contributed by atoms with van der Waals surface area (Å²) in [6.07, 6.45) is 5.68. The first kappa shape index (κ1) is 64.0. The van der Waals surface area contributed by atoms with Crippen molar-refractivity contribution in [2.75, 3.05) is 89.2 Å². The number of aryl methyl sites for hydroxylation is 1. The van der Waals surface area contributed by atoms with E-state index in [1.807, 2.05) is 37.3 Å². The molecule has 0 spiro atoms. The van der Waals surface area contributed by atoms with Crippen LogP contribution in [0.15, 0.2) is 72.8 Å². The van der Waals surface area contributed by atoms with Crippen LogP contribution >= 0.6 is 22.9 Å². The summed E-state index contributed by atoms with van der Waals surface area (Å²) in [6, 6.07) is 16.3. The van der Waals surface area contributed by atoms with Gasteiger partial charge in [0.15, 0.2) is 5.78 Å². The van der Waals surface area contributed by atoms with Gasteiger partial charge in [0.25, 0.3) is 17.7 Å². The van der Waals surface area contributed by atoms with Crippen molar-refractivity contribution < 1.29 is 57.4 Å². The lowest BCUT2D eigenvalue weighted by molar-refractivity contribution is -0.137. The predicted octanol–water partition coefficient (Wildman–Crippen LogP) is 8.44. The molecule has 2 aromatic heterocycles. The van der Waals surface area contributed by atoms with E-state index < -0.39 is 36.1 Å². The number of nitrogens with zero attached hydrogens (tertiary/aromatic N) is 5. The largest absolute Gasteiger partial charge is 0.492 e. The number of nitrogens with two attached hydrogens (primary N) is 1. The Labute approximate surface area is 509 Å². The molecule has 3 aliphatic rings. The summed E-state index contributed by atoms with van der Waals surface area (Å²) in [4.78, 5) is 129. The van der Waals surface area contributed by atoms with Gasteiger partial charge in [0.05, 0.1) is 11.7 Å². The second-order valence-electron chi connectivity index (χ2n) is 22.5. The number of likely N-dealkylation sites (N-methyl/N-ethyl adjacent to an activating group) is 2. The normalized spacial score (nSPS) is 15.5. The molecule has 0 bridgehead atoms. The zero-order valence-corrected chi connectivity index (χ0v) is 51.0. The summed E-state index contributed by atoms with van der Waals surface area (Å²) in [5.74, 6) is -2.05. The fraction of sp³-hybridized carbons (Fsp3) is 0.468. The zero-order valence-electron chi connectivity index (χ0n) is 49.4. The number of urea groups is 1. The van der Waals surface area contributed by atoms with E-state index in [-0.39, 0.29) is 105 Å². The third-order valence-corrected chi connectivity index (χ3v) is 17.1. The highest BCUT2D eigenvalue weighted by molar-refractivity contribution is 7.19. The Hall–Kier alpha value is -8.02. The van der Waals surface area contributed by atoms with E-state index in [0.717, 1.165) is 61.7 Å². The molecule has 8 rings (SSSR count).